The molecular weight excluding hydrogens is 266 g/mol. The number of carbonyl (C=O) groups is 1. The van der Waals surface area contributed by atoms with Gasteiger partial charge in [-0.2, -0.15) is 4.31 Å². The lowest BCUT2D eigenvalue weighted by atomic mass is 10.3. The van der Waals surface area contributed by atoms with E-state index in [2.05, 4.69) is 0 Å². The minimum atomic E-state index is -3.09. The molecular formula is C12H25N3O3S. The molecule has 0 unspecified atom stereocenters. The van der Waals surface area contributed by atoms with Gasteiger partial charge in [0, 0.05) is 39.3 Å². The molecule has 0 spiro atoms. The van der Waals surface area contributed by atoms with E-state index in [9.17, 15) is 13.2 Å². The standard InChI is InChI=1S/C12H25N3O3S/c1-4-14(5-2)12(16)11-13-7-9-15(10-8-13)19(17,18)6-3/h4-11H2,1-3H3. The first-order chi connectivity index (χ1) is 8.94. The van der Waals surface area contributed by atoms with E-state index in [-0.39, 0.29) is 11.7 Å². The van der Waals surface area contributed by atoms with Crippen LogP contribution in [0.25, 0.3) is 0 Å². The number of likely N-dealkylation sites (N-methyl/N-ethyl adjacent to an activating group) is 1. The van der Waals surface area contributed by atoms with E-state index >= 15 is 0 Å². The van der Waals surface area contributed by atoms with Crippen molar-refractivity contribution in [2.45, 2.75) is 20.8 Å². The van der Waals surface area contributed by atoms with Crippen LogP contribution in [0.3, 0.4) is 0 Å². The second-order valence-electron chi connectivity index (χ2n) is 4.64. The van der Waals surface area contributed by atoms with Gasteiger partial charge in [0.1, 0.15) is 0 Å². The second-order valence-corrected chi connectivity index (χ2v) is 6.90. The fourth-order valence-corrected chi connectivity index (χ4v) is 3.30. The maximum absolute atomic E-state index is 12.0. The SMILES string of the molecule is CCN(CC)C(=O)CN1CCN(S(=O)(=O)CC)CC1. The zero-order valence-corrected chi connectivity index (χ0v) is 12.9. The maximum Gasteiger partial charge on any atom is 0.236 e. The highest BCUT2D eigenvalue weighted by Gasteiger charge is 2.26. The van der Waals surface area contributed by atoms with Crippen molar-refractivity contribution in [2.75, 3.05) is 51.6 Å². The van der Waals surface area contributed by atoms with Crippen LogP contribution in [0.5, 0.6) is 0 Å². The topological polar surface area (TPSA) is 60.9 Å². The third-order valence-corrected chi connectivity index (χ3v) is 5.45. The molecule has 1 heterocycles. The van der Waals surface area contributed by atoms with Crippen LogP contribution in [-0.4, -0.2) is 80.0 Å². The summed E-state index contributed by atoms with van der Waals surface area (Å²) in [6.07, 6.45) is 0. The van der Waals surface area contributed by atoms with E-state index in [0.717, 1.165) is 13.1 Å². The Labute approximate surface area is 116 Å². The summed E-state index contributed by atoms with van der Waals surface area (Å²) in [6.45, 7) is 9.66. The third kappa shape index (κ3) is 4.43. The Morgan fingerprint density at radius 2 is 1.58 bits per heavy atom. The maximum atomic E-state index is 12.0. The van der Waals surface area contributed by atoms with Crippen LogP contribution in [0.1, 0.15) is 20.8 Å². The van der Waals surface area contributed by atoms with Crippen molar-refractivity contribution in [3.8, 4) is 0 Å². The molecule has 1 aliphatic heterocycles. The van der Waals surface area contributed by atoms with Gasteiger partial charge >= 0.3 is 0 Å². The number of amides is 1. The normalized spacial score (nSPS) is 18.5. The molecule has 1 fully saturated rings. The van der Waals surface area contributed by atoms with Crippen molar-refractivity contribution < 1.29 is 13.2 Å². The molecule has 1 rings (SSSR count). The van der Waals surface area contributed by atoms with Crippen molar-refractivity contribution >= 4 is 15.9 Å². The van der Waals surface area contributed by atoms with Crippen LogP contribution in [-0.2, 0) is 14.8 Å². The molecule has 112 valence electrons. The number of hydrogen-bond donors (Lipinski definition) is 0. The van der Waals surface area contributed by atoms with Crippen molar-refractivity contribution in [3.05, 3.63) is 0 Å². The van der Waals surface area contributed by atoms with Gasteiger partial charge in [-0.3, -0.25) is 9.69 Å². The Morgan fingerprint density at radius 1 is 1.05 bits per heavy atom. The summed E-state index contributed by atoms with van der Waals surface area (Å²) in [5, 5.41) is 0. The zero-order chi connectivity index (χ0) is 14.5. The van der Waals surface area contributed by atoms with Crippen LogP contribution < -0.4 is 0 Å². The lowest BCUT2D eigenvalue weighted by Crippen LogP contribution is -2.51. The van der Waals surface area contributed by atoms with E-state index in [0.29, 0.717) is 32.7 Å². The molecule has 0 radical (unpaired) electrons. The first-order valence-electron chi connectivity index (χ1n) is 6.92. The predicted octanol–water partition coefficient (Wildman–Crippen LogP) is -0.178. The lowest BCUT2D eigenvalue weighted by Gasteiger charge is -2.34. The summed E-state index contributed by atoms with van der Waals surface area (Å²) in [5.41, 5.74) is 0. The summed E-state index contributed by atoms with van der Waals surface area (Å²) < 4.78 is 25.0. The monoisotopic (exact) mass is 291 g/mol. The molecule has 0 N–H and O–H groups in total. The molecule has 0 aliphatic carbocycles. The minimum absolute atomic E-state index is 0.122. The third-order valence-electron chi connectivity index (χ3n) is 3.56. The Hall–Kier alpha value is -0.660. The highest BCUT2D eigenvalue weighted by atomic mass is 32.2. The number of hydrogen-bond acceptors (Lipinski definition) is 4. The summed E-state index contributed by atoms with van der Waals surface area (Å²) in [4.78, 5) is 15.8. The van der Waals surface area contributed by atoms with Gasteiger partial charge in [-0.25, -0.2) is 8.42 Å². The summed E-state index contributed by atoms with van der Waals surface area (Å²) >= 11 is 0. The fourth-order valence-electron chi connectivity index (χ4n) is 2.22. The lowest BCUT2D eigenvalue weighted by molar-refractivity contribution is -0.132. The number of piperazine rings is 1. The smallest absolute Gasteiger partial charge is 0.236 e. The van der Waals surface area contributed by atoms with Crippen molar-refractivity contribution in [2.24, 2.45) is 0 Å². The summed E-state index contributed by atoms with van der Waals surface area (Å²) in [6, 6.07) is 0. The van der Waals surface area contributed by atoms with E-state index in [1.54, 1.807) is 11.8 Å². The Balaban J connectivity index is 2.45. The first kappa shape index (κ1) is 16.4. The predicted molar refractivity (Wildman–Crippen MR) is 75.4 cm³/mol. The zero-order valence-electron chi connectivity index (χ0n) is 12.1. The van der Waals surface area contributed by atoms with Gasteiger partial charge in [-0.15, -0.1) is 0 Å². The second kappa shape index (κ2) is 7.21. The number of nitrogens with zero attached hydrogens (tertiary/aromatic N) is 3. The fraction of sp³-hybridized carbons (Fsp3) is 0.917. The molecule has 7 heteroatoms. The Kier molecular flexibility index (Phi) is 6.22. The van der Waals surface area contributed by atoms with Crippen LogP contribution in [0.15, 0.2) is 0 Å². The van der Waals surface area contributed by atoms with Crippen LogP contribution in [0, 0.1) is 0 Å². The highest BCUT2D eigenvalue weighted by molar-refractivity contribution is 7.89. The van der Waals surface area contributed by atoms with Gasteiger partial charge in [-0.05, 0) is 20.8 Å². The molecule has 0 bridgehead atoms. The van der Waals surface area contributed by atoms with Gasteiger partial charge in [0.15, 0.2) is 0 Å². The minimum Gasteiger partial charge on any atom is -0.342 e. The number of rotatable bonds is 6. The van der Waals surface area contributed by atoms with E-state index in [4.69, 9.17) is 0 Å². The van der Waals surface area contributed by atoms with E-state index < -0.39 is 10.0 Å². The Bertz CT molecular complexity index is 385. The van der Waals surface area contributed by atoms with Gasteiger partial charge in [-0.1, -0.05) is 0 Å². The van der Waals surface area contributed by atoms with Crippen molar-refractivity contribution in [1.82, 2.24) is 14.1 Å². The largest absolute Gasteiger partial charge is 0.342 e. The van der Waals surface area contributed by atoms with Crippen molar-refractivity contribution in [3.63, 3.8) is 0 Å². The average Bonchev–Trinajstić information content (AvgIpc) is 2.40. The van der Waals surface area contributed by atoms with Crippen LogP contribution >= 0.6 is 0 Å². The summed E-state index contributed by atoms with van der Waals surface area (Å²) in [5.74, 6) is 0.266. The molecule has 0 aromatic heterocycles. The van der Waals surface area contributed by atoms with Crippen molar-refractivity contribution in [1.29, 1.82) is 0 Å². The van der Waals surface area contributed by atoms with Crippen LogP contribution in [0.4, 0.5) is 0 Å². The molecule has 19 heavy (non-hydrogen) atoms. The van der Waals surface area contributed by atoms with Gasteiger partial charge in [0.05, 0.1) is 12.3 Å². The molecule has 1 amide bonds. The highest BCUT2D eigenvalue weighted by Crippen LogP contribution is 2.08. The molecule has 0 atom stereocenters. The van der Waals surface area contributed by atoms with Crippen LogP contribution in [0.2, 0.25) is 0 Å². The van der Waals surface area contributed by atoms with Gasteiger partial charge < -0.3 is 4.90 Å². The average molecular weight is 291 g/mol. The van der Waals surface area contributed by atoms with Gasteiger partial charge in [0.2, 0.25) is 15.9 Å². The van der Waals surface area contributed by atoms with Gasteiger partial charge in [0.25, 0.3) is 0 Å². The molecule has 0 saturated carbocycles. The molecule has 6 nitrogen and oxygen atoms in total. The molecule has 0 aromatic carbocycles. The quantitative estimate of drug-likeness (QED) is 0.681. The van der Waals surface area contributed by atoms with E-state index in [1.807, 2.05) is 18.7 Å². The number of carbonyl (C=O) groups excluding carboxylic acids is 1. The summed E-state index contributed by atoms with van der Waals surface area (Å²) in [7, 11) is -3.09. The molecule has 0 aromatic rings. The molecule has 1 saturated heterocycles. The Morgan fingerprint density at radius 3 is 2.00 bits per heavy atom. The van der Waals surface area contributed by atoms with E-state index in [1.165, 1.54) is 4.31 Å². The molecule has 1 aliphatic rings. The number of sulfonamides is 1. The first-order valence-corrected chi connectivity index (χ1v) is 8.53.